The summed E-state index contributed by atoms with van der Waals surface area (Å²) in [4.78, 5) is 25.8. The third-order valence-electron chi connectivity index (χ3n) is 9.36. The van der Waals surface area contributed by atoms with Crippen molar-refractivity contribution in [3.8, 4) is 11.5 Å². The summed E-state index contributed by atoms with van der Waals surface area (Å²) < 4.78 is 0. The first-order chi connectivity index (χ1) is 27.4. The van der Waals surface area contributed by atoms with Crippen LogP contribution in [-0.4, -0.2) is 62.3 Å². The van der Waals surface area contributed by atoms with E-state index in [1.807, 2.05) is 111 Å². The van der Waals surface area contributed by atoms with E-state index < -0.39 is 0 Å². The van der Waals surface area contributed by atoms with Crippen molar-refractivity contribution in [2.45, 2.75) is 25.7 Å². The molecule has 0 aliphatic heterocycles. The summed E-state index contributed by atoms with van der Waals surface area (Å²) in [6.45, 7) is 2.50. The molecule has 6 N–H and O–H groups in total. The molecule has 6 aromatic carbocycles. The quantitative estimate of drug-likeness (QED) is 0.0402. The van der Waals surface area contributed by atoms with E-state index in [9.17, 15) is 19.8 Å². The van der Waals surface area contributed by atoms with E-state index in [4.69, 9.17) is 0 Å². The molecule has 0 aromatic heterocycles. The maximum atomic E-state index is 12.9. The molecule has 2 amide bonds. The molecule has 0 atom stereocenters. The van der Waals surface area contributed by atoms with Gasteiger partial charge in [-0.25, -0.2) is 0 Å². The molecule has 0 saturated heterocycles. The monoisotopic (exact) mass is 750 g/mol. The summed E-state index contributed by atoms with van der Waals surface area (Å²) in [5.41, 5.74) is 4.26. The van der Waals surface area contributed by atoms with Crippen LogP contribution in [0.25, 0.3) is 21.5 Å². The van der Waals surface area contributed by atoms with Gasteiger partial charge < -0.3 is 31.5 Å². The highest BCUT2D eigenvalue weighted by Crippen LogP contribution is 2.40. The molecule has 6 rings (SSSR count). The summed E-state index contributed by atoms with van der Waals surface area (Å²) in [6, 6.07) is 33.8. The van der Waals surface area contributed by atoms with E-state index in [1.165, 1.54) is 0 Å². The van der Waals surface area contributed by atoms with Crippen molar-refractivity contribution in [1.29, 1.82) is 0 Å². The number of phenolic OH excluding ortho intramolecular Hbond substituents is 2. The van der Waals surface area contributed by atoms with Gasteiger partial charge in [-0.2, -0.15) is 10.2 Å². The molecule has 0 radical (unpaired) electrons. The van der Waals surface area contributed by atoms with Crippen LogP contribution in [0, 0.1) is 0 Å². The molecule has 0 unspecified atom stereocenters. The minimum Gasteiger partial charge on any atom is -0.505 e. The van der Waals surface area contributed by atoms with E-state index in [2.05, 4.69) is 41.7 Å². The molecule has 0 bridgehead atoms. The predicted molar refractivity (Wildman–Crippen MR) is 222 cm³/mol. The Bertz CT molecular complexity index is 2190. The van der Waals surface area contributed by atoms with Gasteiger partial charge >= 0.3 is 0 Å². The largest absolute Gasteiger partial charge is 0.505 e. The van der Waals surface area contributed by atoms with Crippen LogP contribution in [0.1, 0.15) is 44.7 Å². The van der Waals surface area contributed by atoms with E-state index in [-0.39, 0.29) is 45.8 Å². The Morgan fingerprint density at radius 1 is 0.518 bits per heavy atom. The Kier molecular flexibility index (Phi) is 13.4. The number of aryl methyl sites for hydroxylation is 2. The first-order valence-corrected chi connectivity index (χ1v) is 18.7. The lowest BCUT2D eigenvalue weighted by Crippen LogP contribution is -2.26. The Balaban J connectivity index is 1.09. The van der Waals surface area contributed by atoms with Crippen molar-refractivity contribution in [3.05, 3.63) is 131 Å². The van der Waals surface area contributed by atoms with Gasteiger partial charge in [-0.3, -0.25) is 9.59 Å². The highest BCUT2D eigenvalue weighted by atomic mass is 16.3. The fourth-order valence-corrected chi connectivity index (χ4v) is 6.27. The number of nitrogens with one attached hydrogen (secondary N) is 4. The standard InChI is InChI=1S/C44H46N8O4/c1-45-23-7-25-47-43(55)37-27-31-9-3-5-11-35(31)39(41(37)53)51-49-33-19-15-29(16-20-33)13-14-30-17-21-34(22-18-30)50-52-40-36-12-6-4-10-32(36)28-38(42(40)54)44(56)48-26-8-24-46-2/h3-6,9-12,15-22,27-28,45-46,53-54H,7-8,13-14,23-26H2,1-2H3,(H,47,55)(H,48,56). The molecule has 0 heterocycles. The number of phenols is 2. The lowest BCUT2D eigenvalue weighted by Gasteiger charge is -2.11. The van der Waals surface area contributed by atoms with Crippen LogP contribution in [0.15, 0.2) is 130 Å². The van der Waals surface area contributed by atoms with Crippen LogP contribution in [0.4, 0.5) is 22.7 Å². The average Bonchev–Trinajstić information content (AvgIpc) is 3.22. The second-order valence-corrected chi connectivity index (χ2v) is 13.3. The van der Waals surface area contributed by atoms with Crippen LogP contribution < -0.4 is 21.3 Å². The number of carbonyl (C=O) groups excluding carboxylic acids is 2. The van der Waals surface area contributed by atoms with Gasteiger partial charge in [0.05, 0.1) is 22.5 Å². The molecule has 286 valence electrons. The van der Waals surface area contributed by atoms with Crippen molar-refractivity contribution in [2.24, 2.45) is 20.5 Å². The smallest absolute Gasteiger partial charge is 0.255 e. The Morgan fingerprint density at radius 3 is 1.30 bits per heavy atom. The minimum absolute atomic E-state index is 0.156. The second-order valence-electron chi connectivity index (χ2n) is 13.3. The zero-order valence-electron chi connectivity index (χ0n) is 31.5. The van der Waals surface area contributed by atoms with Crippen LogP contribution >= 0.6 is 0 Å². The summed E-state index contributed by atoms with van der Waals surface area (Å²) in [5.74, 6) is -1.14. The van der Waals surface area contributed by atoms with E-state index >= 15 is 0 Å². The third kappa shape index (κ3) is 9.78. The molecule has 12 heteroatoms. The van der Waals surface area contributed by atoms with Crippen molar-refractivity contribution in [2.75, 3.05) is 40.3 Å². The number of aromatic hydroxyl groups is 2. The number of fused-ring (bicyclic) bond motifs is 2. The summed E-state index contributed by atoms with van der Waals surface area (Å²) in [7, 11) is 3.71. The molecule has 56 heavy (non-hydrogen) atoms. The summed E-state index contributed by atoms with van der Waals surface area (Å²) >= 11 is 0. The molecule has 0 aliphatic rings. The van der Waals surface area contributed by atoms with Gasteiger partial charge in [0, 0.05) is 23.9 Å². The van der Waals surface area contributed by atoms with E-state index in [1.54, 1.807) is 12.1 Å². The number of rotatable bonds is 17. The van der Waals surface area contributed by atoms with Gasteiger partial charge in [0.1, 0.15) is 11.4 Å². The highest BCUT2D eigenvalue weighted by molar-refractivity contribution is 6.07. The third-order valence-corrected chi connectivity index (χ3v) is 9.36. The zero-order chi connectivity index (χ0) is 39.3. The zero-order valence-corrected chi connectivity index (χ0v) is 31.5. The van der Waals surface area contributed by atoms with Crippen LogP contribution in [0.5, 0.6) is 11.5 Å². The van der Waals surface area contributed by atoms with Crippen LogP contribution in [0.2, 0.25) is 0 Å². The Hall–Kier alpha value is -6.50. The lowest BCUT2D eigenvalue weighted by molar-refractivity contribution is 0.0942. The number of hydrogen-bond acceptors (Lipinski definition) is 10. The summed E-state index contributed by atoms with van der Waals surface area (Å²) in [5, 5.41) is 54.6. The van der Waals surface area contributed by atoms with Crippen LogP contribution in [-0.2, 0) is 12.8 Å². The topological polar surface area (TPSA) is 172 Å². The van der Waals surface area contributed by atoms with Crippen molar-refractivity contribution in [1.82, 2.24) is 21.3 Å². The molecule has 6 aromatic rings. The van der Waals surface area contributed by atoms with Gasteiger partial charge in [0.2, 0.25) is 0 Å². The average molecular weight is 751 g/mol. The fourth-order valence-electron chi connectivity index (χ4n) is 6.27. The van der Waals surface area contributed by atoms with Crippen LogP contribution in [0.3, 0.4) is 0 Å². The van der Waals surface area contributed by atoms with Gasteiger partial charge in [-0.1, -0.05) is 72.8 Å². The Morgan fingerprint density at radius 2 is 0.911 bits per heavy atom. The number of amides is 2. The SMILES string of the molecule is CNCCCNC(=O)c1cc2ccccc2c(N=Nc2ccc(CCc3ccc(N=Nc4c(O)c(C(=O)NCCCNC)cc5ccccc45)cc3)cc2)c1O. The Labute approximate surface area is 325 Å². The number of azo groups is 2. The highest BCUT2D eigenvalue weighted by Gasteiger charge is 2.19. The fraction of sp³-hybridized carbons (Fsp3) is 0.227. The van der Waals surface area contributed by atoms with E-state index in [0.717, 1.165) is 60.7 Å². The van der Waals surface area contributed by atoms with Crippen molar-refractivity contribution < 1.29 is 19.8 Å². The normalized spacial score (nSPS) is 11.5. The first kappa shape index (κ1) is 39.2. The second kappa shape index (κ2) is 19.2. The number of hydrogen-bond donors (Lipinski definition) is 6. The summed E-state index contributed by atoms with van der Waals surface area (Å²) in [6.07, 6.45) is 3.11. The van der Waals surface area contributed by atoms with Gasteiger partial charge in [-0.15, -0.1) is 10.2 Å². The van der Waals surface area contributed by atoms with E-state index in [0.29, 0.717) is 35.2 Å². The maximum absolute atomic E-state index is 12.9. The lowest BCUT2D eigenvalue weighted by atomic mass is 10.0. The number of nitrogens with zero attached hydrogens (tertiary/aromatic N) is 4. The molecule has 0 aliphatic carbocycles. The molecule has 0 saturated carbocycles. The molecule has 0 fully saturated rings. The molecule has 0 spiro atoms. The first-order valence-electron chi connectivity index (χ1n) is 18.7. The molecule has 12 nitrogen and oxygen atoms in total. The van der Waals surface area contributed by atoms with Crippen molar-refractivity contribution >= 4 is 56.1 Å². The molecular weight excluding hydrogens is 705 g/mol. The minimum atomic E-state index is -0.363. The maximum Gasteiger partial charge on any atom is 0.255 e. The van der Waals surface area contributed by atoms with Crippen molar-refractivity contribution in [3.63, 3.8) is 0 Å². The van der Waals surface area contributed by atoms with Gasteiger partial charge in [0.25, 0.3) is 11.8 Å². The number of benzene rings is 6. The van der Waals surface area contributed by atoms with Gasteiger partial charge in [-0.05, 0) is 111 Å². The van der Waals surface area contributed by atoms with Gasteiger partial charge in [0.15, 0.2) is 11.5 Å². The molecular formula is C44H46N8O4. The predicted octanol–water partition coefficient (Wildman–Crippen LogP) is 8.70. The number of carbonyl (C=O) groups is 2.